The van der Waals surface area contributed by atoms with E-state index in [-0.39, 0.29) is 5.69 Å². The van der Waals surface area contributed by atoms with Crippen LogP contribution in [-0.2, 0) is 0 Å². The highest BCUT2D eigenvalue weighted by Gasteiger charge is 2.04. The molecule has 5 heteroatoms. The van der Waals surface area contributed by atoms with Crippen molar-refractivity contribution < 1.29 is 0 Å². The molecule has 0 fully saturated rings. The molecule has 0 saturated carbocycles. The maximum Gasteiger partial charge on any atom is 0.348 e. The van der Waals surface area contributed by atoms with Crippen LogP contribution < -0.4 is 5.69 Å². The van der Waals surface area contributed by atoms with Gasteiger partial charge in [-0.1, -0.05) is 13.8 Å². The summed E-state index contributed by atoms with van der Waals surface area (Å²) in [5.41, 5.74) is 0.685. The van der Waals surface area contributed by atoms with E-state index in [0.29, 0.717) is 11.7 Å². The normalized spacial score (nSPS) is 11.3. The lowest BCUT2D eigenvalue weighted by Gasteiger charge is -2.02. The van der Waals surface area contributed by atoms with Gasteiger partial charge in [-0.2, -0.15) is 0 Å². The summed E-state index contributed by atoms with van der Waals surface area (Å²) in [7, 11) is 0. The van der Waals surface area contributed by atoms with E-state index >= 15 is 0 Å². The van der Waals surface area contributed by atoms with E-state index in [0.717, 1.165) is 5.69 Å². The van der Waals surface area contributed by atoms with Crippen molar-refractivity contribution in [3.63, 3.8) is 0 Å². The summed E-state index contributed by atoms with van der Waals surface area (Å²) in [6.45, 7) is 4.09. The van der Waals surface area contributed by atoms with Gasteiger partial charge in [-0.05, 0) is 12.0 Å². The molecule has 2 rings (SSSR count). The third-order valence-corrected chi connectivity index (χ3v) is 1.90. The van der Waals surface area contributed by atoms with Gasteiger partial charge in [0.2, 0.25) is 0 Å². The lowest BCUT2D eigenvalue weighted by molar-refractivity contribution is 0.815. The monoisotopic (exact) mass is 178 g/mol. The maximum atomic E-state index is 11.1. The average Bonchev–Trinajstić information content (AvgIpc) is 2.47. The minimum absolute atomic E-state index is 0.252. The van der Waals surface area contributed by atoms with Crippen molar-refractivity contribution in [3.05, 3.63) is 28.4 Å². The van der Waals surface area contributed by atoms with Gasteiger partial charge < -0.3 is 0 Å². The fourth-order valence-electron chi connectivity index (χ4n) is 1.13. The number of hydrogen-bond donors (Lipinski definition) is 1. The van der Waals surface area contributed by atoms with Crippen LogP contribution in [0.2, 0.25) is 0 Å². The number of aromatic amines is 1. The molecule has 0 saturated heterocycles. The predicted molar refractivity (Wildman–Crippen MR) is 47.7 cm³/mol. The molecule has 0 radical (unpaired) electrons. The lowest BCUT2D eigenvalue weighted by Crippen LogP contribution is -2.09. The number of nitrogens with one attached hydrogen (secondary N) is 1. The molecule has 2 heterocycles. The molecule has 0 aliphatic rings. The zero-order valence-corrected chi connectivity index (χ0v) is 7.48. The van der Waals surface area contributed by atoms with Crippen molar-refractivity contribution in [2.75, 3.05) is 0 Å². The highest BCUT2D eigenvalue weighted by atomic mass is 16.1. The van der Waals surface area contributed by atoms with Crippen LogP contribution in [0.3, 0.4) is 0 Å². The van der Waals surface area contributed by atoms with Crippen molar-refractivity contribution >= 4 is 5.78 Å². The molecular formula is C8H10N4O. The van der Waals surface area contributed by atoms with Crippen LogP contribution >= 0.6 is 0 Å². The average molecular weight is 178 g/mol. The van der Waals surface area contributed by atoms with Crippen molar-refractivity contribution in [3.8, 4) is 0 Å². The Hall–Kier alpha value is -1.65. The number of rotatable bonds is 1. The quantitative estimate of drug-likeness (QED) is 0.693. The van der Waals surface area contributed by atoms with Gasteiger partial charge in [0.15, 0.2) is 0 Å². The summed E-state index contributed by atoms with van der Waals surface area (Å²) in [5.74, 6) is 0.771. The Bertz CT molecular complexity index is 482. The van der Waals surface area contributed by atoms with E-state index in [1.807, 2.05) is 19.9 Å². The molecule has 0 bridgehead atoms. The van der Waals surface area contributed by atoms with Crippen LogP contribution in [0.25, 0.3) is 5.78 Å². The molecule has 0 aromatic carbocycles. The smallest absolute Gasteiger partial charge is 0.246 e. The molecule has 2 aromatic heterocycles. The van der Waals surface area contributed by atoms with Crippen LogP contribution in [0.1, 0.15) is 25.5 Å². The molecule has 0 unspecified atom stereocenters. The molecule has 0 aliphatic heterocycles. The Labute approximate surface area is 74.4 Å². The molecule has 2 aromatic rings. The van der Waals surface area contributed by atoms with Gasteiger partial charge in [0.25, 0.3) is 5.78 Å². The number of aromatic nitrogens is 4. The van der Waals surface area contributed by atoms with Gasteiger partial charge in [0.05, 0.1) is 0 Å². The number of fused-ring (bicyclic) bond motifs is 1. The van der Waals surface area contributed by atoms with E-state index < -0.39 is 0 Å². The third-order valence-electron chi connectivity index (χ3n) is 1.90. The van der Waals surface area contributed by atoms with Crippen LogP contribution in [0.15, 0.2) is 17.1 Å². The van der Waals surface area contributed by atoms with Gasteiger partial charge >= 0.3 is 5.69 Å². The maximum absolute atomic E-state index is 11.1. The molecule has 5 nitrogen and oxygen atoms in total. The number of hydrogen-bond acceptors (Lipinski definition) is 3. The summed E-state index contributed by atoms with van der Waals surface area (Å²) < 4.78 is 1.38. The van der Waals surface area contributed by atoms with E-state index in [1.54, 1.807) is 6.20 Å². The van der Waals surface area contributed by atoms with E-state index in [4.69, 9.17) is 0 Å². The predicted octanol–water partition coefficient (Wildman–Crippen LogP) is 0.541. The first kappa shape index (κ1) is 7.97. The number of nitrogens with zero attached hydrogens (tertiary/aromatic N) is 3. The fourth-order valence-corrected chi connectivity index (χ4v) is 1.13. The van der Waals surface area contributed by atoms with E-state index in [9.17, 15) is 4.79 Å². The molecule has 0 atom stereocenters. The highest BCUT2D eigenvalue weighted by Crippen LogP contribution is 2.09. The Balaban J connectivity index is 2.70. The molecular weight excluding hydrogens is 168 g/mol. The fraction of sp³-hybridized carbons (Fsp3) is 0.375. The molecule has 1 N–H and O–H groups in total. The molecule has 68 valence electrons. The van der Waals surface area contributed by atoms with Gasteiger partial charge in [0, 0.05) is 11.9 Å². The van der Waals surface area contributed by atoms with Crippen molar-refractivity contribution in [1.82, 2.24) is 19.6 Å². The van der Waals surface area contributed by atoms with Crippen molar-refractivity contribution in [1.29, 1.82) is 0 Å². The van der Waals surface area contributed by atoms with Gasteiger partial charge in [-0.3, -0.25) is 0 Å². The Morgan fingerprint density at radius 1 is 1.54 bits per heavy atom. The first-order valence-corrected chi connectivity index (χ1v) is 4.12. The first-order valence-electron chi connectivity index (χ1n) is 4.12. The van der Waals surface area contributed by atoms with Crippen molar-refractivity contribution in [2.24, 2.45) is 0 Å². The van der Waals surface area contributed by atoms with Gasteiger partial charge in [-0.25, -0.2) is 19.3 Å². The summed E-state index contributed by atoms with van der Waals surface area (Å²) in [4.78, 5) is 15.3. The molecule has 0 amide bonds. The van der Waals surface area contributed by atoms with Gasteiger partial charge in [0.1, 0.15) is 0 Å². The molecule has 0 spiro atoms. The van der Waals surface area contributed by atoms with Gasteiger partial charge in [-0.15, -0.1) is 5.10 Å². The summed E-state index contributed by atoms with van der Waals surface area (Å²) in [6.07, 6.45) is 1.68. The van der Waals surface area contributed by atoms with Crippen LogP contribution in [0.5, 0.6) is 0 Å². The van der Waals surface area contributed by atoms with Crippen LogP contribution in [0.4, 0.5) is 0 Å². The zero-order chi connectivity index (χ0) is 9.42. The van der Waals surface area contributed by atoms with Crippen LogP contribution in [-0.4, -0.2) is 19.6 Å². The Morgan fingerprint density at radius 3 is 3.00 bits per heavy atom. The Morgan fingerprint density at radius 2 is 2.31 bits per heavy atom. The lowest BCUT2D eigenvalue weighted by atomic mass is 10.1. The molecule has 13 heavy (non-hydrogen) atoms. The first-order chi connectivity index (χ1) is 6.18. The zero-order valence-electron chi connectivity index (χ0n) is 7.48. The van der Waals surface area contributed by atoms with E-state index in [2.05, 4.69) is 15.2 Å². The second-order valence-corrected chi connectivity index (χ2v) is 3.21. The third kappa shape index (κ3) is 1.22. The Kier molecular flexibility index (Phi) is 1.65. The molecule has 0 aliphatic carbocycles. The topological polar surface area (TPSA) is 63.0 Å². The summed E-state index contributed by atoms with van der Waals surface area (Å²) >= 11 is 0. The SMILES string of the molecule is CC(C)c1ccn2c(=O)[nH]nc2n1. The number of H-pyrrole nitrogens is 1. The van der Waals surface area contributed by atoms with E-state index in [1.165, 1.54) is 4.40 Å². The highest BCUT2D eigenvalue weighted by molar-refractivity contribution is 5.27. The second kappa shape index (κ2) is 2.69. The standard InChI is InChI=1S/C8H10N4O/c1-5(2)6-3-4-12-7(9-6)10-11-8(12)13/h3-5H,1-2H3,(H,11,13). The summed E-state index contributed by atoms with van der Waals surface area (Å²) in [6, 6.07) is 1.83. The minimum atomic E-state index is -0.252. The second-order valence-electron chi connectivity index (χ2n) is 3.21. The summed E-state index contributed by atoms with van der Waals surface area (Å²) in [5, 5.41) is 6.11. The minimum Gasteiger partial charge on any atom is -0.246 e. The largest absolute Gasteiger partial charge is 0.348 e. The van der Waals surface area contributed by atoms with Crippen molar-refractivity contribution in [2.45, 2.75) is 19.8 Å². The van der Waals surface area contributed by atoms with Crippen LogP contribution in [0, 0.1) is 0 Å².